The summed E-state index contributed by atoms with van der Waals surface area (Å²) < 4.78 is 0. The Kier molecular flexibility index (Phi) is 3.42. The summed E-state index contributed by atoms with van der Waals surface area (Å²) in [5.74, 6) is -0.0872. The fraction of sp³-hybridized carbons (Fsp3) is 0.200. The third-order valence-corrected chi connectivity index (χ3v) is 3.84. The smallest absolute Gasteiger partial charge is 0.251 e. The maximum Gasteiger partial charge on any atom is 0.251 e. The first kappa shape index (κ1) is 13.1. The van der Waals surface area contributed by atoms with Gasteiger partial charge in [-0.2, -0.15) is 0 Å². The number of carbonyl (C=O) groups excluding carboxylic acids is 1. The number of benzene rings is 1. The minimum absolute atomic E-state index is 0.0872. The molecule has 4 nitrogen and oxygen atoms in total. The minimum atomic E-state index is -0.0872. The number of amides is 1. The molecule has 0 radical (unpaired) electrons. The van der Waals surface area contributed by atoms with Crippen LogP contribution in [0.3, 0.4) is 0 Å². The van der Waals surface area contributed by atoms with Gasteiger partial charge in [0.2, 0.25) is 0 Å². The predicted molar refractivity (Wildman–Crippen MR) is 81.0 cm³/mol. The van der Waals surface area contributed by atoms with E-state index in [1.807, 2.05) is 19.1 Å². The second kappa shape index (κ2) is 5.23. The first-order chi connectivity index (χ1) is 9.66. The largest absolute Gasteiger partial charge is 0.320 e. The molecular formula is C15H14ClN3O. The number of rotatable bonds is 2. The minimum Gasteiger partial charge on any atom is -0.320 e. The molecule has 1 aromatic heterocycles. The molecule has 0 saturated carbocycles. The van der Waals surface area contributed by atoms with E-state index in [0.29, 0.717) is 16.2 Å². The molecule has 3 rings (SSSR count). The van der Waals surface area contributed by atoms with Crippen LogP contribution < -0.4 is 10.6 Å². The van der Waals surface area contributed by atoms with Gasteiger partial charge in [0.1, 0.15) is 0 Å². The zero-order valence-corrected chi connectivity index (χ0v) is 11.8. The molecule has 1 saturated heterocycles. The van der Waals surface area contributed by atoms with Crippen molar-refractivity contribution >= 4 is 34.1 Å². The van der Waals surface area contributed by atoms with E-state index in [-0.39, 0.29) is 5.91 Å². The van der Waals surface area contributed by atoms with Crippen molar-refractivity contribution in [3.63, 3.8) is 0 Å². The molecule has 1 amide bonds. The van der Waals surface area contributed by atoms with Gasteiger partial charge in [-0.3, -0.25) is 9.78 Å². The number of aromatic nitrogens is 1. The van der Waals surface area contributed by atoms with Crippen LogP contribution in [0.5, 0.6) is 0 Å². The highest BCUT2D eigenvalue weighted by atomic mass is 35.5. The molecule has 5 heteroatoms. The van der Waals surface area contributed by atoms with E-state index in [9.17, 15) is 4.79 Å². The van der Waals surface area contributed by atoms with Gasteiger partial charge >= 0.3 is 0 Å². The number of fused-ring (bicyclic) bond motifs is 1. The predicted octanol–water partition coefficient (Wildman–Crippen LogP) is 2.75. The van der Waals surface area contributed by atoms with Gasteiger partial charge < -0.3 is 10.6 Å². The van der Waals surface area contributed by atoms with Gasteiger partial charge in [0.25, 0.3) is 5.91 Å². The molecule has 2 heterocycles. The Labute approximate surface area is 121 Å². The van der Waals surface area contributed by atoms with Crippen LogP contribution in [0.25, 0.3) is 10.9 Å². The maximum absolute atomic E-state index is 12.2. The quantitative estimate of drug-likeness (QED) is 0.835. The van der Waals surface area contributed by atoms with Gasteiger partial charge in [-0.15, -0.1) is 0 Å². The molecule has 0 spiro atoms. The van der Waals surface area contributed by atoms with Crippen molar-refractivity contribution in [3.05, 3.63) is 46.6 Å². The topological polar surface area (TPSA) is 54.0 Å². The molecule has 1 aliphatic heterocycles. The molecule has 1 aromatic carbocycles. The van der Waals surface area contributed by atoms with Gasteiger partial charge in [0.05, 0.1) is 16.2 Å². The van der Waals surface area contributed by atoms with Crippen LogP contribution in [-0.4, -0.2) is 24.0 Å². The summed E-state index contributed by atoms with van der Waals surface area (Å²) in [4.78, 5) is 16.5. The fourth-order valence-corrected chi connectivity index (χ4v) is 2.35. The SMILES string of the molecule is CC(C(=O)Nc1ccc(Cl)c2cccnc12)=C1CNC1. The lowest BCUT2D eigenvalue weighted by atomic mass is 10.0. The second-order valence-electron chi connectivity index (χ2n) is 4.78. The lowest BCUT2D eigenvalue weighted by molar-refractivity contribution is -0.112. The van der Waals surface area contributed by atoms with Crippen LogP contribution in [0.15, 0.2) is 41.6 Å². The van der Waals surface area contributed by atoms with E-state index >= 15 is 0 Å². The van der Waals surface area contributed by atoms with E-state index in [1.165, 1.54) is 0 Å². The standard InChI is InChI=1S/C15H14ClN3O/c1-9(10-7-17-8-10)15(20)19-13-5-4-12(16)11-3-2-6-18-14(11)13/h2-6,17H,7-8H2,1H3,(H,19,20). The van der Waals surface area contributed by atoms with Gasteiger partial charge in [0, 0.05) is 30.2 Å². The van der Waals surface area contributed by atoms with Gasteiger partial charge in [-0.1, -0.05) is 11.6 Å². The first-order valence-corrected chi connectivity index (χ1v) is 6.78. The highest BCUT2D eigenvalue weighted by molar-refractivity contribution is 6.36. The number of halogens is 1. The van der Waals surface area contributed by atoms with Gasteiger partial charge in [-0.25, -0.2) is 0 Å². The van der Waals surface area contributed by atoms with Gasteiger partial charge in [-0.05, 0) is 36.8 Å². The van der Waals surface area contributed by atoms with Crippen LogP contribution in [0, 0.1) is 0 Å². The third-order valence-electron chi connectivity index (χ3n) is 3.51. The number of anilines is 1. The van der Waals surface area contributed by atoms with Crippen molar-refractivity contribution in [1.29, 1.82) is 0 Å². The summed E-state index contributed by atoms with van der Waals surface area (Å²) in [6.45, 7) is 3.43. The number of nitrogens with zero attached hydrogens (tertiary/aromatic N) is 1. The number of hydrogen-bond acceptors (Lipinski definition) is 3. The number of hydrogen-bond donors (Lipinski definition) is 2. The van der Waals surface area contributed by atoms with Crippen LogP contribution in [0.1, 0.15) is 6.92 Å². The normalized spacial score (nSPS) is 14.0. The third kappa shape index (κ3) is 2.28. The molecule has 2 N–H and O–H groups in total. The van der Waals surface area contributed by atoms with Crippen molar-refractivity contribution < 1.29 is 4.79 Å². The van der Waals surface area contributed by atoms with Crippen molar-refractivity contribution in [1.82, 2.24) is 10.3 Å². The highest BCUT2D eigenvalue weighted by Crippen LogP contribution is 2.28. The summed E-state index contributed by atoms with van der Waals surface area (Å²) in [7, 11) is 0. The summed E-state index contributed by atoms with van der Waals surface area (Å²) in [6.07, 6.45) is 1.69. The Hall–Kier alpha value is -1.91. The van der Waals surface area contributed by atoms with Gasteiger partial charge in [0.15, 0.2) is 0 Å². The van der Waals surface area contributed by atoms with Crippen molar-refractivity contribution in [2.45, 2.75) is 6.92 Å². The Balaban J connectivity index is 1.95. The van der Waals surface area contributed by atoms with E-state index in [4.69, 9.17) is 11.6 Å². The molecule has 2 aromatic rings. The molecule has 102 valence electrons. The van der Waals surface area contributed by atoms with Crippen LogP contribution in [-0.2, 0) is 4.79 Å². The molecule has 0 bridgehead atoms. The molecule has 0 aliphatic carbocycles. The first-order valence-electron chi connectivity index (χ1n) is 6.41. The summed E-state index contributed by atoms with van der Waals surface area (Å²) in [5, 5.41) is 7.51. The number of nitrogens with one attached hydrogen (secondary N) is 2. The molecular weight excluding hydrogens is 274 g/mol. The van der Waals surface area contributed by atoms with E-state index in [1.54, 1.807) is 18.3 Å². The van der Waals surface area contributed by atoms with Crippen molar-refractivity contribution in [2.75, 3.05) is 18.4 Å². The zero-order chi connectivity index (χ0) is 14.1. The Morgan fingerprint density at radius 3 is 2.85 bits per heavy atom. The highest BCUT2D eigenvalue weighted by Gasteiger charge is 2.17. The van der Waals surface area contributed by atoms with Crippen LogP contribution in [0.4, 0.5) is 5.69 Å². The zero-order valence-electron chi connectivity index (χ0n) is 11.0. The molecule has 20 heavy (non-hydrogen) atoms. The average molecular weight is 288 g/mol. The lowest BCUT2D eigenvalue weighted by Crippen LogP contribution is -2.36. The molecule has 0 unspecified atom stereocenters. The Morgan fingerprint density at radius 1 is 1.35 bits per heavy atom. The Bertz CT molecular complexity index is 718. The van der Waals surface area contributed by atoms with E-state index < -0.39 is 0 Å². The van der Waals surface area contributed by atoms with Crippen LogP contribution >= 0.6 is 11.6 Å². The fourth-order valence-electron chi connectivity index (χ4n) is 2.13. The number of carbonyl (C=O) groups is 1. The van der Waals surface area contributed by atoms with E-state index in [2.05, 4.69) is 15.6 Å². The Morgan fingerprint density at radius 2 is 2.15 bits per heavy atom. The summed E-state index contributed by atoms with van der Waals surface area (Å²) >= 11 is 6.14. The van der Waals surface area contributed by atoms with Crippen molar-refractivity contribution in [3.8, 4) is 0 Å². The molecule has 1 fully saturated rings. The van der Waals surface area contributed by atoms with E-state index in [0.717, 1.165) is 29.6 Å². The lowest BCUT2D eigenvalue weighted by Gasteiger charge is -2.21. The van der Waals surface area contributed by atoms with Crippen molar-refractivity contribution in [2.24, 2.45) is 0 Å². The number of pyridine rings is 1. The summed E-state index contributed by atoms with van der Waals surface area (Å²) in [5.41, 5.74) is 3.30. The monoisotopic (exact) mass is 287 g/mol. The second-order valence-corrected chi connectivity index (χ2v) is 5.19. The maximum atomic E-state index is 12.2. The molecule has 1 aliphatic rings. The average Bonchev–Trinajstić information content (AvgIpc) is 2.40. The molecule has 0 atom stereocenters. The van der Waals surface area contributed by atoms with Crippen LogP contribution in [0.2, 0.25) is 5.02 Å². The summed E-state index contributed by atoms with van der Waals surface area (Å²) in [6, 6.07) is 7.27.